The molecule has 2 N–H and O–H groups in total. The SMILES string of the molecule is Cc1nn(-c2ccccc2)c(Cl)c1CN(C)[C@@H](C)c1ccc(S(N)(=O)=O)cc1. The van der Waals surface area contributed by atoms with Crippen LogP contribution >= 0.6 is 11.6 Å². The first kappa shape index (κ1) is 20.5. The summed E-state index contributed by atoms with van der Waals surface area (Å²) in [6.45, 7) is 4.60. The summed E-state index contributed by atoms with van der Waals surface area (Å²) in [5, 5.41) is 10.3. The van der Waals surface area contributed by atoms with E-state index in [0.29, 0.717) is 11.7 Å². The Balaban J connectivity index is 1.81. The first-order chi connectivity index (χ1) is 13.2. The summed E-state index contributed by atoms with van der Waals surface area (Å²) in [7, 11) is -1.70. The fourth-order valence-corrected chi connectivity index (χ4v) is 3.88. The molecule has 0 aliphatic rings. The molecule has 1 atom stereocenters. The summed E-state index contributed by atoms with van der Waals surface area (Å²) in [4.78, 5) is 2.24. The van der Waals surface area contributed by atoms with Crippen molar-refractivity contribution in [3.63, 3.8) is 0 Å². The Kier molecular flexibility index (Phi) is 5.90. The maximum absolute atomic E-state index is 11.4. The molecule has 0 fully saturated rings. The van der Waals surface area contributed by atoms with Crippen molar-refractivity contribution in [2.24, 2.45) is 5.14 Å². The lowest BCUT2D eigenvalue weighted by atomic mass is 10.1. The van der Waals surface area contributed by atoms with Crippen LogP contribution in [0.3, 0.4) is 0 Å². The largest absolute Gasteiger partial charge is 0.295 e. The third-order valence-electron chi connectivity index (χ3n) is 4.88. The molecule has 2 aromatic carbocycles. The average Bonchev–Trinajstić information content (AvgIpc) is 2.95. The predicted octanol–water partition coefficient (Wildman–Crippen LogP) is 3.67. The molecule has 0 saturated heterocycles. The molecule has 3 rings (SSSR count). The zero-order valence-electron chi connectivity index (χ0n) is 16.0. The number of nitrogens with zero attached hydrogens (tertiary/aromatic N) is 3. The molecule has 6 nitrogen and oxygen atoms in total. The van der Waals surface area contributed by atoms with Crippen molar-refractivity contribution in [3.8, 4) is 5.69 Å². The summed E-state index contributed by atoms with van der Waals surface area (Å²) in [6.07, 6.45) is 0. The van der Waals surface area contributed by atoms with Crippen LogP contribution in [-0.2, 0) is 16.6 Å². The van der Waals surface area contributed by atoms with Crippen LogP contribution in [0, 0.1) is 6.92 Å². The smallest absolute Gasteiger partial charge is 0.238 e. The fraction of sp³-hybridized carbons (Fsp3) is 0.250. The van der Waals surface area contributed by atoms with Gasteiger partial charge in [-0.3, -0.25) is 4.90 Å². The van der Waals surface area contributed by atoms with E-state index >= 15 is 0 Å². The number of hydrogen-bond acceptors (Lipinski definition) is 4. The number of aryl methyl sites for hydroxylation is 1. The molecule has 0 amide bonds. The molecule has 3 aromatic rings. The van der Waals surface area contributed by atoms with E-state index < -0.39 is 10.0 Å². The second-order valence-corrected chi connectivity index (χ2v) is 8.73. The molecule has 0 radical (unpaired) electrons. The van der Waals surface area contributed by atoms with Crippen LogP contribution in [0.25, 0.3) is 5.69 Å². The summed E-state index contributed by atoms with van der Waals surface area (Å²) in [5.74, 6) is 0. The number of primary sulfonamides is 1. The summed E-state index contributed by atoms with van der Waals surface area (Å²) in [5.41, 5.74) is 3.73. The third-order valence-corrected chi connectivity index (χ3v) is 6.20. The fourth-order valence-electron chi connectivity index (χ4n) is 3.03. The van der Waals surface area contributed by atoms with Crippen molar-refractivity contribution in [1.82, 2.24) is 14.7 Å². The maximum Gasteiger partial charge on any atom is 0.238 e. The molecule has 0 unspecified atom stereocenters. The lowest BCUT2D eigenvalue weighted by molar-refractivity contribution is 0.252. The molecular formula is C20H23ClN4O2S. The highest BCUT2D eigenvalue weighted by molar-refractivity contribution is 7.89. The Morgan fingerprint density at radius 1 is 1.14 bits per heavy atom. The number of nitrogens with two attached hydrogens (primary N) is 1. The minimum atomic E-state index is -3.69. The van der Waals surface area contributed by atoms with Gasteiger partial charge in [0.25, 0.3) is 0 Å². The Labute approximate surface area is 170 Å². The van der Waals surface area contributed by atoms with E-state index in [0.717, 1.165) is 22.5 Å². The summed E-state index contributed by atoms with van der Waals surface area (Å²) in [6, 6.07) is 16.4. The quantitative estimate of drug-likeness (QED) is 0.662. The van der Waals surface area contributed by atoms with Crippen LogP contribution in [0.15, 0.2) is 59.5 Å². The zero-order valence-corrected chi connectivity index (χ0v) is 17.6. The van der Waals surface area contributed by atoms with Gasteiger partial charge in [0.05, 0.1) is 16.3 Å². The Morgan fingerprint density at radius 3 is 2.32 bits per heavy atom. The van der Waals surface area contributed by atoms with Gasteiger partial charge in [0.2, 0.25) is 10.0 Å². The lowest BCUT2D eigenvalue weighted by Gasteiger charge is -2.25. The Bertz CT molecular complexity index is 1060. The number of aromatic nitrogens is 2. The van der Waals surface area contributed by atoms with E-state index in [1.807, 2.05) is 44.3 Å². The standard InChI is InChI=1S/C20H23ClN4O2S/c1-14-19(20(21)25(23-14)17-7-5-4-6-8-17)13-24(3)15(2)16-9-11-18(12-10-16)28(22,26)27/h4-12,15H,13H2,1-3H3,(H2,22,26,27)/t15-/m0/s1. The normalized spacial score (nSPS) is 13.1. The summed E-state index contributed by atoms with van der Waals surface area (Å²) >= 11 is 6.62. The average molecular weight is 419 g/mol. The van der Waals surface area contributed by atoms with E-state index in [4.69, 9.17) is 16.7 Å². The van der Waals surface area contributed by atoms with E-state index in [9.17, 15) is 8.42 Å². The Morgan fingerprint density at radius 2 is 1.75 bits per heavy atom. The number of sulfonamides is 1. The lowest BCUT2D eigenvalue weighted by Crippen LogP contribution is -2.22. The monoisotopic (exact) mass is 418 g/mol. The van der Waals surface area contributed by atoms with Gasteiger partial charge in [0.1, 0.15) is 5.15 Å². The van der Waals surface area contributed by atoms with Crippen molar-refractivity contribution in [1.29, 1.82) is 0 Å². The van der Waals surface area contributed by atoms with Crippen LogP contribution in [0.4, 0.5) is 0 Å². The molecule has 0 aliphatic heterocycles. The van der Waals surface area contributed by atoms with Gasteiger partial charge in [-0.2, -0.15) is 5.10 Å². The highest BCUT2D eigenvalue weighted by atomic mass is 35.5. The third kappa shape index (κ3) is 4.28. The van der Waals surface area contributed by atoms with Crippen LogP contribution < -0.4 is 5.14 Å². The second-order valence-electron chi connectivity index (χ2n) is 6.81. The Hall–Kier alpha value is -2.19. The van der Waals surface area contributed by atoms with Gasteiger partial charge in [0.15, 0.2) is 0 Å². The van der Waals surface area contributed by atoms with Gasteiger partial charge in [-0.25, -0.2) is 18.2 Å². The number of para-hydroxylation sites is 1. The molecule has 0 spiro atoms. The molecule has 1 heterocycles. The van der Waals surface area contributed by atoms with Gasteiger partial charge < -0.3 is 0 Å². The topological polar surface area (TPSA) is 81.2 Å². The molecule has 0 bridgehead atoms. The van der Waals surface area contributed by atoms with Gasteiger partial charge >= 0.3 is 0 Å². The number of hydrogen-bond donors (Lipinski definition) is 1. The van der Waals surface area contributed by atoms with E-state index in [-0.39, 0.29) is 10.9 Å². The zero-order chi connectivity index (χ0) is 20.5. The highest BCUT2D eigenvalue weighted by Gasteiger charge is 2.20. The molecule has 8 heteroatoms. The molecule has 28 heavy (non-hydrogen) atoms. The van der Waals surface area contributed by atoms with Gasteiger partial charge in [0, 0.05) is 18.2 Å². The van der Waals surface area contributed by atoms with Gasteiger partial charge in [-0.1, -0.05) is 41.9 Å². The minimum Gasteiger partial charge on any atom is -0.295 e. The van der Waals surface area contributed by atoms with E-state index in [2.05, 4.69) is 16.9 Å². The van der Waals surface area contributed by atoms with E-state index in [1.165, 1.54) is 12.1 Å². The number of halogens is 1. The number of benzene rings is 2. The minimum absolute atomic E-state index is 0.0464. The molecular weight excluding hydrogens is 396 g/mol. The van der Waals surface area contributed by atoms with Crippen LogP contribution in [-0.4, -0.2) is 30.1 Å². The van der Waals surface area contributed by atoms with Crippen molar-refractivity contribution >= 4 is 21.6 Å². The van der Waals surface area contributed by atoms with Crippen molar-refractivity contribution in [2.45, 2.75) is 31.3 Å². The predicted molar refractivity (Wildman–Crippen MR) is 111 cm³/mol. The second kappa shape index (κ2) is 8.05. The van der Waals surface area contributed by atoms with Gasteiger partial charge in [-0.15, -0.1) is 0 Å². The molecule has 1 aromatic heterocycles. The maximum atomic E-state index is 11.4. The van der Waals surface area contributed by atoms with Crippen molar-refractivity contribution < 1.29 is 8.42 Å². The molecule has 0 aliphatic carbocycles. The first-order valence-electron chi connectivity index (χ1n) is 8.81. The van der Waals surface area contributed by atoms with Crippen molar-refractivity contribution in [3.05, 3.63) is 76.6 Å². The van der Waals surface area contributed by atoms with Gasteiger partial charge in [-0.05, 0) is 50.7 Å². The van der Waals surface area contributed by atoms with E-state index in [1.54, 1.807) is 16.8 Å². The summed E-state index contributed by atoms with van der Waals surface area (Å²) < 4.78 is 24.6. The highest BCUT2D eigenvalue weighted by Crippen LogP contribution is 2.28. The first-order valence-corrected chi connectivity index (χ1v) is 10.7. The van der Waals surface area contributed by atoms with Crippen molar-refractivity contribution in [2.75, 3.05) is 7.05 Å². The number of rotatable bonds is 6. The van der Waals surface area contributed by atoms with Crippen LogP contribution in [0.2, 0.25) is 5.15 Å². The van der Waals surface area contributed by atoms with Crippen LogP contribution in [0.5, 0.6) is 0 Å². The van der Waals surface area contributed by atoms with Crippen LogP contribution in [0.1, 0.15) is 29.8 Å². The molecule has 148 valence electrons. The molecule has 0 saturated carbocycles.